The Kier molecular flexibility index (Phi) is 2.58. The molecule has 0 saturated carbocycles. The molecule has 15 heavy (non-hydrogen) atoms. The normalized spacial score (nSPS) is 21.2. The van der Waals surface area contributed by atoms with Gasteiger partial charge in [0.25, 0.3) is 5.91 Å². The molecule has 2 amide bonds. The highest BCUT2D eigenvalue weighted by atomic mass is 79.9. The van der Waals surface area contributed by atoms with Crippen LogP contribution in [0.1, 0.15) is 6.42 Å². The number of imide groups is 1. The second-order valence-corrected chi connectivity index (χ2v) is 4.18. The van der Waals surface area contributed by atoms with Crippen molar-refractivity contribution in [3.8, 4) is 0 Å². The van der Waals surface area contributed by atoms with Gasteiger partial charge in [-0.25, -0.2) is 4.90 Å². The molecule has 1 atom stereocenters. The SMILES string of the molecule is O=C1CC(O)C(=O)N1c1cccc(Br)c1. The monoisotopic (exact) mass is 269 g/mol. The van der Waals surface area contributed by atoms with Crippen molar-refractivity contribution in [2.75, 3.05) is 4.90 Å². The molecular weight excluding hydrogens is 262 g/mol. The minimum absolute atomic E-state index is 0.134. The Morgan fingerprint density at radius 2 is 2.13 bits per heavy atom. The zero-order chi connectivity index (χ0) is 11.0. The highest BCUT2D eigenvalue weighted by Crippen LogP contribution is 2.25. The average Bonchev–Trinajstić information content (AvgIpc) is 2.41. The van der Waals surface area contributed by atoms with Crippen molar-refractivity contribution in [3.05, 3.63) is 28.7 Å². The number of nitrogens with zero attached hydrogens (tertiary/aromatic N) is 1. The van der Waals surface area contributed by atoms with E-state index >= 15 is 0 Å². The number of halogens is 1. The van der Waals surface area contributed by atoms with Gasteiger partial charge < -0.3 is 5.11 Å². The third-order valence-corrected chi connectivity index (χ3v) is 2.68. The van der Waals surface area contributed by atoms with Gasteiger partial charge in [0.1, 0.15) is 6.10 Å². The van der Waals surface area contributed by atoms with E-state index in [0.717, 1.165) is 9.37 Å². The zero-order valence-corrected chi connectivity index (χ0v) is 9.27. The zero-order valence-electron chi connectivity index (χ0n) is 7.68. The van der Waals surface area contributed by atoms with Crippen molar-refractivity contribution in [2.24, 2.45) is 0 Å². The summed E-state index contributed by atoms with van der Waals surface area (Å²) in [6, 6.07) is 6.84. The first-order valence-electron chi connectivity index (χ1n) is 4.40. The molecule has 0 aliphatic carbocycles. The molecule has 5 heteroatoms. The Balaban J connectivity index is 2.39. The number of anilines is 1. The van der Waals surface area contributed by atoms with Gasteiger partial charge in [0.2, 0.25) is 5.91 Å². The van der Waals surface area contributed by atoms with Crippen molar-refractivity contribution in [2.45, 2.75) is 12.5 Å². The predicted octanol–water partition coefficient (Wildman–Crippen LogP) is 1.07. The summed E-state index contributed by atoms with van der Waals surface area (Å²) < 4.78 is 0.780. The molecule has 1 aliphatic rings. The van der Waals surface area contributed by atoms with Crippen LogP contribution in [0.2, 0.25) is 0 Å². The average molecular weight is 270 g/mol. The van der Waals surface area contributed by atoms with Crippen LogP contribution in [0, 0.1) is 0 Å². The van der Waals surface area contributed by atoms with E-state index in [1.54, 1.807) is 24.3 Å². The lowest BCUT2D eigenvalue weighted by atomic mass is 10.3. The highest BCUT2D eigenvalue weighted by molar-refractivity contribution is 9.10. The lowest BCUT2D eigenvalue weighted by Crippen LogP contribution is -2.31. The minimum atomic E-state index is -1.20. The van der Waals surface area contributed by atoms with Gasteiger partial charge in [-0.1, -0.05) is 22.0 Å². The smallest absolute Gasteiger partial charge is 0.263 e. The van der Waals surface area contributed by atoms with E-state index in [1.165, 1.54) is 0 Å². The summed E-state index contributed by atoms with van der Waals surface area (Å²) in [7, 11) is 0. The van der Waals surface area contributed by atoms with Crippen LogP contribution in [0.5, 0.6) is 0 Å². The summed E-state index contributed by atoms with van der Waals surface area (Å²) in [5.74, 6) is -0.927. The predicted molar refractivity (Wildman–Crippen MR) is 57.3 cm³/mol. The third-order valence-electron chi connectivity index (χ3n) is 2.19. The number of aliphatic hydroxyl groups excluding tert-OH is 1. The van der Waals surface area contributed by atoms with E-state index in [9.17, 15) is 14.7 Å². The Bertz CT molecular complexity index is 432. The maximum atomic E-state index is 11.5. The quantitative estimate of drug-likeness (QED) is 0.777. The molecule has 1 aromatic carbocycles. The summed E-state index contributed by atoms with van der Waals surface area (Å²) in [6.45, 7) is 0. The molecule has 1 fully saturated rings. The van der Waals surface area contributed by atoms with Crippen LogP contribution in [-0.2, 0) is 9.59 Å². The fourth-order valence-corrected chi connectivity index (χ4v) is 1.89. The number of amides is 2. The summed E-state index contributed by atoms with van der Waals surface area (Å²) in [4.78, 5) is 23.9. The van der Waals surface area contributed by atoms with Crippen LogP contribution < -0.4 is 4.90 Å². The molecule has 1 aromatic rings. The van der Waals surface area contributed by atoms with Crippen LogP contribution in [0.3, 0.4) is 0 Å². The largest absolute Gasteiger partial charge is 0.383 e. The van der Waals surface area contributed by atoms with Gasteiger partial charge in [0.15, 0.2) is 0 Å². The fraction of sp³-hybridized carbons (Fsp3) is 0.200. The summed E-state index contributed by atoms with van der Waals surface area (Å²) in [5.41, 5.74) is 0.482. The molecular formula is C10H8BrNO3. The molecule has 0 aromatic heterocycles. The molecule has 1 heterocycles. The molecule has 0 spiro atoms. The molecule has 1 unspecified atom stereocenters. The Morgan fingerprint density at radius 3 is 2.67 bits per heavy atom. The Labute approximate surface area is 94.6 Å². The van der Waals surface area contributed by atoms with Crippen LogP contribution >= 0.6 is 15.9 Å². The number of carbonyl (C=O) groups excluding carboxylic acids is 2. The molecule has 4 nitrogen and oxygen atoms in total. The highest BCUT2D eigenvalue weighted by Gasteiger charge is 2.38. The van der Waals surface area contributed by atoms with Crippen molar-refractivity contribution < 1.29 is 14.7 Å². The maximum Gasteiger partial charge on any atom is 0.263 e. The molecule has 1 saturated heterocycles. The van der Waals surface area contributed by atoms with Gasteiger partial charge in [-0.2, -0.15) is 0 Å². The second kappa shape index (κ2) is 3.75. The standard InChI is InChI=1S/C10H8BrNO3/c11-6-2-1-3-7(4-6)12-9(14)5-8(13)10(12)15/h1-4,8,13H,5H2. The summed E-state index contributed by atoms with van der Waals surface area (Å²) in [6.07, 6.45) is -1.33. The van der Waals surface area contributed by atoms with E-state index in [-0.39, 0.29) is 12.3 Å². The van der Waals surface area contributed by atoms with Gasteiger partial charge in [-0.15, -0.1) is 0 Å². The molecule has 1 aliphatic heterocycles. The first-order valence-corrected chi connectivity index (χ1v) is 5.19. The Morgan fingerprint density at radius 1 is 1.40 bits per heavy atom. The third kappa shape index (κ3) is 1.80. The van der Waals surface area contributed by atoms with Gasteiger partial charge in [-0.05, 0) is 18.2 Å². The Hall–Kier alpha value is -1.20. The van der Waals surface area contributed by atoms with E-state index in [4.69, 9.17) is 0 Å². The summed E-state index contributed by atoms with van der Waals surface area (Å²) >= 11 is 3.25. The molecule has 1 N–H and O–H groups in total. The topological polar surface area (TPSA) is 57.6 Å². The number of carbonyl (C=O) groups is 2. The van der Waals surface area contributed by atoms with Crippen LogP contribution in [0.4, 0.5) is 5.69 Å². The van der Waals surface area contributed by atoms with E-state index in [2.05, 4.69) is 15.9 Å². The fourth-order valence-electron chi connectivity index (χ4n) is 1.50. The van der Waals surface area contributed by atoms with E-state index in [0.29, 0.717) is 5.69 Å². The lowest BCUT2D eigenvalue weighted by Gasteiger charge is -2.13. The van der Waals surface area contributed by atoms with E-state index < -0.39 is 12.0 Å². The first kappa shape index (κ1) is 10.3. The first-order chi connectivity index (χ1) is 7.09. The number of benzene rings is 1. The number of hydrogen-bond donors (Lipinski definition) is 1. The van der Waals surface area contributed by atoms with Crippen LogP contribution in [0.25, 0.3) is 0 Å². The molecule has 2 rings (SSSR count). The number of aliphatic hydroxyl groups is 1. The van der Waals surface area contributed by atoms with Gasteiger partial charge in [-0.3, -0.25) is 9.59 Å². The molecule has 78 valence electrons. The van der Waals surface area contributed by atoms with Crippen molar-refractivity contribution in [3.63, 3.8) is 0 Å². The van der Waals surface area contributed by atoms with Gasteiger partial charge in [0.05, 0.1) is 12.1 Å². The second-order valence-electron chi connectivity index (χ2n) is 3.27. The van der Waals surface area contributed by atoms with Crippen molar-refractivity contribution >= 4 is 33.4 Å². The minimum Gasteiger partial charge on any atom is -0.383 e. The number of rotatable bonds is 1. The van der Waals surface area contributed by atoms with E-state index in [1.807, 2.05) is 0 Å². The lowest BCUT2D eigenvalue weighted by molar-refractivity contribution is -0.124. The number of hydrogen-bond acceptors (Lipinski definition) is 3. The maximum absolute atomic E-state index is 11.5. The van der Waals surface area contributed by atoms with Gasteiger partial charge >= 0.3 is 0 Å². The molecule has 0 bridgehead atoms. The van der Waals surface area contributed by atoms with Crippen LogP contribution in [-0.4, -0.2) is 23.0 Å². The van der Waals surface area contributed by atoms with Crippen molar-refractivity contribution in [1.82, 2.24) is 0 Å². The van der Waals surface area contributed by atoms with Crippen molar-refractivity contribution in [1.29, 1.82) is 0 Å². The molecule has 0 radical (unpaired) electrons. The summed E-state index contributed by atoms with van der Waals surface area (Å²) in [5, 5.41) is 9.25. The van der Waals surface area contributed by atoms with Gasteiger partial charge in [0, 0.05) is 4.47 Å². The van der Waals surface area contributed by atoms with Crippen LogP contribution in [0.15, 0.2) is 28.7 Å².